The lowest BCUT2D eigenvalue weighted by Crippen LogP contribution is -2.04. The van der Waals surface area contributed by atoms with Gasteiger partial charge < -0.3 is 5.32 Å². The van der Waals surface area contributed by atoms with Crippen molar-refractivity contribution in [2.75, 3.05) is 12.4 Å². The van der Waals surface area contributed by atoms with Crippen LogP contribution in [-0.4, -0.2) is 17.0 Å². The Bertz CT molecular complexity index is 526. The number of hydrogen-bond donors (Lipinski definition) is 1. The Morgan fingerprint density at radius 3 is 2.50 bits per heavy atom. The lowest BCUT2D eigenvalue weighted by Gasteiger charge is -2.09. The molecule has 4 heteroatoms. The van der Waals surface area contributed by atoms with Gasteiger partial charge in [0.2, 0.25) is 0 Å². The Balaban J connectivity index is 2.13. The van der Waals surface area contributed by atoms with Crippen molar-refractivity contribution in [3.05, 3.63) is 47.4 Å². The third kappa shape index (κ3) is 3.01. The fraction of sp³-hybridized carbons (Fsp3) is 0.286. The molecule has 1 heterocycles. The lowest BCUT2D eigenvalue weighted by atomic mass is 10.2. The molecule has 0 radical (unpaired) electrons. The fourth-order valence-electron chi connectivity index (χ4n) is 1.66. The van der Waals surface area contributed by atoms with Crippen molar-refractivity contribution in [3.8, 4) is 0 Å². The molecule has 0 saturated heterocycles. The van der Waals surface area contributed by atoms with E-state index >= 15 is 0 Å². The molecule has 0 unspecified atom stereocenters. The zero-order chi connectivity index (χ0) is 13.0. The van der Waals surface area contributed by atoms with Gasteiger partial charge >= 0.3 is 0 Å². The van der Waals surface area contributed by atoms with Crippen LogP contribution in [0.3, 0.4) is 0 Å². The van der Waals surface area contributed by atoms with E-state index in [0.29, 0.717) is 0 Å². The number of aromatic nitrogens is 2. The van der Waals surface area contributed by atoms with Crippen LogP contribution in [0.2, 0.25) is 0 Å². The van der Waals surface area contributed by atoms with E-state index in [2.05, 4.69) is 27.4 Å². The molecule has 0 saturated carbocycles. The second kappa shape index (κ2) is 5.87. The van der Waals surface area contributed by atoms with Crippen LogP contribution in [0, 0.1) is 13.8 Å². The van der Waals surface area contributed by atoms with Crippen LogP contribution in [0.1, 0.15) is 17.1 Å². The number of thioether (sulfide) groups is 1. The maximum atomic E-state index is 4.52. The molecule has 2 rings (SSSR count). The molecule has 1 N–H and O–H groups in total. The van der Waals surface area contributed by atoms with Crippen molar-refractivity contribution < 1.29 is 0 Å². The van der Waals surface area contributed by atoms with Crippen molar-refractivity contribution in [2.45, 2.75) is 24.5 Å². The molecule has 2 aromatic rings. The normalized spacial score (nSPS) is 10.4. The largest absolute Gasteiger partial charge is 0.373 e. The van der Waals surface area contributed by atoms with Gasteiger partial charge in [0.1, 0.15) is 11.6 Å². The number of benzene rings is 1. The SMILES string of the molecule is CNc1nc(CSc2ccccc2)nc(C)c1C. The Kier molecular flexibility index (Phi) is 4.20. The summed E-state index contributed by atoms with van der Waals surface area (Å²) in [6.07, 6.45) is 0. The van der Waals surface area contributed by atoms with Crippen molar-refractivity contribution in [2.24, 2.45) is 0 Å². The molecule has 0 bridgehead atoms. The van der Waals surface area contributed by atoms with E-state index < -0.39 is 0 Å². The highest BCUT2D eigenvalue weighted by atomic mass is 32.2. The number of aryl methyl sites for hydroxylation is 1. The molecule has 0 amide bonds. The minimum Gasteiger partial charge on any atom is -0.373 e. The molecule has 3 nitrogen and oxygen atoms in total. The van der Waals surface area contributed by atoms with Gasteiger partial charge in [-0.3, -0.25) is 0 Å². The summed E-state index contributed by atoms with van der Waals surface area (Å²) in [6.45, 7) is 4.06. The molecular weight excluding hydrogens is 242 g/mol. The third-order valence-electron chi connectivity index (χ3n) is 2.78. The van der Waals surface area contributed by atoms with E-state index in [-0.39, 0.29) is 0 Å². The first kappa shape index (κ1) is 12.9. The summed E-state index contributed by atoms with van der Waals surface area (Å²) in [7, 11) is 1.89. The van der Waals surface area contributed by atoms with Gasteiger partial charge in [0.05, 0.1) is 5.75 Å². The first-order valence-corrected chi connectivity index (χ1v) is 6.89. The summed E-state index contributed by atoms with van der Waals surface area (Å²) in [4.78, 5) is 10.3. The maximum absolute atomic E-state index is 4.52. The fourth-order valence-corrected chi connectivity index (χ4v) is 2.43. The number of nitrogens with one attached hydrogen (secondary N) is 1. The summed E-state index contributed by atoms with van der Waals surface area (Å²) >= 11 is 1.75. The summed E-state index contributed by atoms with van der Waals surface area (Å²) in [5.74, 6) is 2.59. The third-order valence-corrected chi connectivity index (χ3v) is 3.79. The highest BCUT2D eigenvalue weighted by Gasteiger charge is 2.06. The van der Waals surface area contributed by atoms with Gasteiger partial charge in [-0.05, 0) is 26.0 Å². The molecule has 0 atom stereocenters. The number of nitrogens with zero attached hydrogens (tertiary/aromatic N) is 2. The Labute approximate surface area is 112 Å². The van der Waals surface area contributed by atoms with Crippen LogP contribution in [0.15, 0.2) is 35.2 Å². The molecule has 1 aromatic carbocycles. The number of rotatable bonds is 4. The first-order chi connectivity index (χ1) is 8.70. The van der Waals surface area contributed by atoms with E-state index in [4.69, 9.17) is 0 Å². The number of anilines is 1. The van der Waals surface area contributed by atoms with E-state index in [1.807, 2.05) is 39.1 Å². The first-order valence-electron chi connectivity index (χ1n) is 5.90. The van der Waals surface area contributed by atoms with Crippen LogP contribution >= 0.6 is 11.8 Å². The minimum absolute atomic E-state index is 0.791. The molecule has 94 valence electrons. The molecule has 0 spiro atoms. The molecular formula is C14H17N3S. The molecule has 0 aliphatic heterocycles. The predicted molar refractivity (Wildman–Crippen MR) is 77.1 cm³/mol. The second-order valence-electron chi connectivity index (χ2n) is 4.05. The number of hydrogen-bond acceptors (Lipinski definition) is 4. The van der Waals surface area contributed by atoms with Crippen LogP contribution in [-0.2, 0) is 5.75 Å². The van der Waals surface area contributed by atoms with Crippen LogP contribution in [0.5, 0.6) is 0 Å². The zero-order valence-corrected chi connectivity index (χ0v) is 11.7. The average Bonchev–Trinajstić information content (AvgIpc) is 2.41. The van der Waals surface area contributed by atoms with E-state index in [1.165, 1.54) is 4.90 Å². The summed E-state index contributed by atoms with van der Waals surface area (Å²) in [5.41, 5.74) is 2.16. The molecule has 0 aliphatic carbocycles. The summed E-state index contributed by atoms with van der Waals surface area (Å²) in [6, 6.07) is 10.3. The van der Waals surface area contributed by atoms with Crippen LogP contribution in [0.4, 0.5) is 5.82 Å². The van der Waals surface area contributed by atoms with Gasteiger partial charge in [0, 0.05) is 23.2 Å². The summed E-state index contributed by atoms with van der Waals surface area (Å²) < 4.78 is 0. The highest BCUT2D eigenvalue weighted by molar-refractivity contribution is 7.98. The minimum atomic E-state index is 0.791. The molecule has 18 heavy (non-hydrogen) atoms. The van der Waals surface area contributed by atoms with Crippen molar-refractivity contribution in [3.63, 3.8) is 0 Å². The van der Waals surface area contributed by atoms with Gasteiger partial charge in [-0.25, -0.2) is 9.97 Å². The summed E-state index contributed by atoms with van der Waals surface area (Å²) in [5, 5.41) is 3.11. The van der Waals surface area contributed by atoms with Gasteiger partial charge in [-0.2, -0.15) is 0 Å². The standard InChI is InChI=1S/C14H17N3S/c1-10-11(2)16-13(17-14(10)15-3)9-18-12-7-5-4-6-8-12/h4-8H,9H2,1-3H3,(H,15,16,17). The topological polar surface area (TPSA) is 37.8 Å². The van der Waals surface area contributed by atoms with Crippen molar-refractivity contribution in [1.82, 2.24) is 9.97 Å². The van der Waals surface area contributed by atoms with Crippen LogP contribution < -0.4 is 5.32 Å². The van der Waals surface area contributed by atoms with E-state index in [9.17, 15) is 0 Å². The van der Waals surface area contributed by atoms with E-state index in [1.54, 1.807) is 11.8 Å². The smallest absolute Gasteiger partial charge is 0.141 e. The molecule has 0 fully saturated rings. The molecule has 1 aromatic heterocycles. The Morgan fingerprint density at radius 1 is 1.11 bits per heavy atom. The monoisotopic (exact) mass is 259 g/mol. The highest BCUT2D eigenvalue weighted by Crippen LogP contribution is 2.22. The second-order valence-corrected chi connectivity index (χ2v) is 5.10. The predicted octanol–water partition coefficient (Wildman–Crippen LogP) is 3.43. The van der Waals surface area contributed by atoms with Crippen LogP contribution in [0.25, 0.3) is 0 Å². The Morgan fingerprint density at radius 2 is 1.83 bits per heavy atom. The average molecular weight is 259 g/mol. The maximum Gasteiger partial charge on any atom is 0.141 e. The van der Waals surface area contributed by atoms with Crippen molar-refractivity contribution in [1.29, 1.82) is 0 Å². The van der Waals surface area contributed by atoms with E-state index in [0.717, 1.165) is 28.7 Å². The van der Waals surface area contributed by atoms with Gasteiger partial charge in [0.15, 0.2) is 0 Å². The quantitative estimate of drug-likeness (QED) is 0.854. The lowest BCUT2D eigenvalue weighted by molar-refractivity contribution is 0.974. The van der Waals surface area contributed by atoms with Gasteiger partial charge in [0.25, 0.3) is 0 Å². The van der Waals surface area contributed by atoms with Gasteiger partial charge in [-0.1, -0.05) is 18.2 Å². The zero-order valence-electron chi connectivity index (χ0n) is 10.9. The van der Waals surface area contributed by atoms with Gasteiger partial charge in [-0.15, -0.1) is 11.8 Å². The van der Waals surface area contributed by atoms with Crippen molar-refractivity contribution >= 4 is 17.6 Å². The Hall–Kier alpha value is -1.55. The molecule has 0 aliphatic rings.